The van der Waals surface area contributed by atoms with Crippen LogP contribution in [0.25, 0.3) is 0 Å². The standard InChI is InChI=1S/C10H11N7O2S/c1-4-3-5(6(11)12)14-9(13-4)20-10-15-7(18)8(19)16-17(10)2/h3H,1-2H3,(H3,11,12)(H,16,19). The van der Waals surface area contributed by atoms with E-state index in [4.69, 9.17) is 11.1 Å². The van der Waals surface area contributed by atoms with Crippen LogP contribution in [0, 0.1) is 12.3 Å². The SMILES string of the molecule is Cc1cc(C(=N)N)nc(Sc2nc(=O)c(=O)[nH]n2C)n1. The van der Waals surface area contributed by atoms with Crippen molar-refractivity contribution in [3.05, 3.63) is 38.2 Å². The number of hydrogen-bond donors (Lipinski definition) is 3. The average molecular weight is 293 g/mol. The topological polar surface area (TPSA) is 143 Å². The minimum Gasteiger partial charge on any atom is -0.382 e. The molecule has 0 bridgehead atoms. The lowest BCUT2D eigenvalue weighted by atomic mass is 10.3. The second-order valence-corrected chi connectivity index (χ2v) is 4.83. The minimum absolute atomic E-state index is 0.180. The first-order valence-electron chi connectivity index (χ1n) is 5.42. The first-order valence-corrected chi connectivity index (χ1v) is 6.24. The average Bonchev–Trinajstić information content (AvgIpc) is 2.35. The Kier molecular flexibility index (Phi) is 3.66. The van der Waals surface area contributed by atoms with E-state index < -0.39 is 11.1 Å². The van der Waals surface area contributed by atoms with E-state index in [0.717, 1.165) is 11.8 Å². The molecule has 9 nitrogen and oxygen atoms in total. The van der Waals surface area contributed by atoms with Gasteiger partial charge in [0.2, 0.25) is 0 Å². The summed E-state index contributed by atoms with van der Waals surface area (Å²) in [5, 5.41) is 10.2. The number of aromatic nitrogens is 5. The van der Waals surface area contributed by atoms with Crippen LogP contribution in [0.3, 0.4) is 0 Å². The summed E-state index contributed by atoms with van der Waals surface area (Å²) < 4.78 is 1.30. The van der Waals surface area contributed by atoms with Crippen LogP contribution < -0.4 is 16.9 Å². The van der Waals surface area contributed by atoms with Crippen molar-refractivity contribution in [2.45, 2.75) is 17.2 Å². The lowest BCUT2D eigenvalue weighted by Crippen LogP contribution is -2.33. The Morgan fingerprint density at radius 2 is 2.10 bits per heavy atom. The van der Waals surface area contributed by atoms with E-state index in [0.29, 0.717) is 5.69 Å². The molecule has 2 aromatic heterocycles. The van der Waals surface area contributed by atoms with Gasteiger partial charge in [-0.3, -0.25) is 24.8 Å². The highest BCUT2D eigenvalue weighted by atomic mass is 32.2. The summed E-state index contributed by atoms with van der Waals surface area (Å²) in [6.45, 7) is 1.73. The van der Waals surface area contributed by atoms with Gasteiger partial charge in [0.25, 0.3) is 0 Å². The lowest BCUT2D eigenvalue weighted by Gasteiger charge is -2.06. The number of H-pyrrole nitrogens is 1. The number of nitrogens with one attached hydrogen (secondary N) is 2. The fourth-order valence-corrected chi connectivity index (χ4v) is 2.17. The second-order valence-electron chi connectivity index (χ2n) is 3.89. The van der Waals surface area contributed by atoms with Crippen molar-refractivity contribution >= 4 is 17.6 Å². The molecule has 0 aromatic carbocycles. The molecule has 0 spiro atoms. The van der Waals surface area contributed by atoms with Crippen LogP contribution in [-0.2, 0) is 7.05 Å². The van der Waals surface area contributed by atoms with E-state index >= 15 is 0 Å². The number of hydrogen-bond acceptors (Lipinski definition) is 7. The molecule has 0 aliphatic rings. The van der Waals surface area contributed by atoms with Gasteiger partial charge >= 0.3 is 11.1 Å². The Labute approximate surface area is 116 Å². The molecule has 0 unspecified atom stereocenters. The molecule has 0 fully saturated rings. The Morgan fingerprint density at radius 3 is 2.75 bits per heavy atom. The number of nitrogen functional groups attached to an aromatic ring is 1. The molecule has 10 heteroatoms. The van der Waals surface area contributed by atoms with Gasteiger partial charge in [-0.05, 0) is 24.8 Å². The maximum Gasteiger partial charge on any atom is 0.339 e. The normalized spacial score (nSPS) is 10.5. The van der Waals surface area contributed by atoms with Crippen molar-refractivity contribution in [1.82, 2.24) is 24.7 Å². The van der Waals surface area contributed by atoms with Crippen LogP contribution in [-0.4, -0.2) is 30.6 Å². The molecule has 2 aromatic rings. The van der Waals surface area contributed by atoms with Gasteiger partial charge in [-0.2, -0.15) is 4.98 Å². The maximum atomic E-state index is 11.2. The van der Waals surface area contributed by atoms with Gasteiger partial charge in [-0.15, -0.1) is 0 Å². The third kappa shape index (κ3) is 2.91. The van der Waals surface area contributed by atoms with Gasteiger partial charge in [0.1, 0.15) is 11.5 Å². The minimum atomic E-state index is -0.884. The summed E-state index contributed by atoms with van der Waals surface area (Å²) in [5.74, 6) is -0.180. The Hall–Kier alpha value is -2.49. The zero-order chi connectivity index (χ0) is 14.9. The molecule has 0 aliphatic carbocycles. The molecule has 20 heavy (non-hydrogen) atoms. The highest BCUT2D eigenvalue weighted by Crippen LogP contribution is 2.20. The van der Waals surface area contributed by atoms with Crippen molar-refractivity contribution < 1.29 is 0 Å². The Bertz CT molecular complexity index is 795. The molecule has 0 saturated carbocycles. The zero-order valence-electron chi connectivity index (χ0n) is 10.7. The van der Waals surface area contributed by atoms with E-state index in [1.807, 2.05) is 0 Å². The molecule has 0 saturated heterocycles. The molecule has 0 aliphatic heterocycles. The van der Waals surface area contributed by atoms with Crippen LogP contribution in [0.2, 0.25) is 0 Å². The van der Waals surface area contributed by atoms with E-state index in [2.05, 4.69) is 20.1 Å². The fourth-order valence-electron chi connectivity index (χ4n) is 1.36. The van der Waals surface area contributed by atoms with Gasteiger partial charge in [0, 0.05) is 12.7 Å². The summed E-state index contributed by atoms with van der Waals surface area (Å²) in [5.41, 5.74) is 4.61. The van der Waals surface area contributed by atoms with Crippen LogP contribution in [0.1, 0.15) is 11.4 Å². The van der Waals surface area contributed by atoms with E-state index in [1.165, 1.54) is 11.7 Å². The number of nitrogens with two attached hydrogens (primary N) is 1. The fraction of sp³-hybridized carbons (Fsp3) is 0.200. The van der Waals surface area contributed by atoms with Gasteiger partial charge in [0.05, 0.1) is 0 Å². The Balaban J connectivity index is 2.45. The molecule has 0 radical (unpaired) electrons. The summed E-state index contributed by atoms with van der Waals surface area (Å²) in [6, 6.07) is 1.58. The van der Waals surface area contributed by atoms with Crippen molar-refractivity contribution in [2.75, 3.05) is 0 Å². The predicted molar refractivity (Wildman–Crippen MR) is 72.0 cm³/mol. The Morgan fingerprint density at radius 1 is 1.40 bits per heavy atom. The number of aromatic amines is 1. The van der Waals surface area contributed by atoms with Gasteiger partial charge in [-0.25, -0.2) is 9.97 Å². The monoisotopic (exact) mass is 293 g/mol. The number of aryl methyl sites for hydroxylation is 2. The maximum absolute atomic E-state index is 11.2. The molecule has 2 rings (SSSR count). The predicted octanol–water partition coefficient (Wildman–Crippen LogP) is -0.998. The van der Waals surface area contributed by atoms with E-state index in [-0.39, 0.29) is 21.8 Å². The largest absolute Gasteiger partial charge is 0.382 e. The second kappa shape index (κ2) is 5.25. The highest BCUT2D eigenvalue weighted by molar-refractivity contribution is 7.99. The first-order chi connectivity index (χ1) is 9.36. The summed E-state index contributed by atoms with van der Waals surface area (Å²) >= 11 is 0.990. The van der Waals surface area contributed by atoms with Crippen molar-refractivity contribution in [3.63, 3.8) is 0 Å². The van der Waals surface area contributed by atoms with E-state index in [9.17, 15) is 9.59 Å². The molecule has 0 atom stereocenters. The van der Waals surface area contributed by atoms with Crippen LogP contribution >= 0.6 is 11.8 Å². The van der Waals surface area contributed by atoms with Crippen molar-refractivity contribution in [2.24, 2.45) is 12.8 Å². The van der Waals surface area contributed by atoms with Gasteiger partial charge in [0.15, 0.2) is 10.3 Å². The summed E-state index contributed by atoms with van der Waals surface area (Å²) in [6.07, 6.45) is 0. The van der Waals surface area contributed by atoms with Gasteiger partial charge < -0.3 is 5.73 Å². The van der Waals surface area contributed by atoms with Crippen molar-refractivity contribution in [3.8, 4) is 0 Å². The van der Waals surface area contributed by atoms with Crippen LogP contribution in [0.4, 0.5) is 0 Å². The molecular weight excluding hydrogens is 282 g/mol. The smallest absolute Gasteiger partial charge is 0.339 e. The third-order valence-corrected chi connectivity index (χ3v) is 3.15. The van der Waals surface area contributed by atoms with Crippen LogP contribution in [0.15, 0.2) is 26.0 Å². The molecule has 4 N–H and O–H groups in total. The number of rotatable bonds is 3. The van der Waals surface area contributed by atoms with Crippen LogP contribution in [0.5, 0.6) is 0 Å². The number of amidine groups is 1. The third-order valence-electron chi connectivity index (χ3n) is 2.24. The highest BCUT2D eigenvalue weighted by Gasteiger charge is 2.10. The summed E-state index contributed by atoms with van der Waals surface area (Å²) in [7, 11) is 1.54. The molecular formula is C10H11N7O2S. The number of nitrogens with zero attached hydrogens (tertiary/aromatic N) is 4. The lowest BCUT2D eigenvalue weighted by molar-refractivity contribution is 0.595. The molecule has 104 valence electrons. The zero-order valence-corrected chi connectivity index (χ0v) is 11.5. The first kappa shape index (κ1) is 13.9. The van der Waals surface area contributed by atoms with Gasteiger partial charge in [-0.1, -0.05) is 0 Å². The molecule has 0 amide bonds. The van der Waals surface area contributed by atoms with Crippen molar-refractivity contribution in [1.29, 1.82) is 5.41 Å². The van der Waals surface area contributed by atoms with E-state index in [1.54, 1.807) is 13.0 Å². The summed E-state index contributed by atoms with van der Waals surface area (Å²) in [4.78, 5) is 34.2. The quantitative estimate of drug-likeness (QED) is 0.285. The molecule has 2 heterocycles.